The number of piperidine rings is 2. The Kier molecular flexibility index (Phi) is 4.38. The van der Waals surface area contributed by atoms with Crippen molar-refractivity contribution < 1.29 is 9.59 Å². The average Bonchev–Trinajstić information content (AvgIpc) is 3.17. The largest absolute Gasteiger partial charge is 0.351 e. The van der Waals surface area contributed by atoms with Crippen LogP contribution in [0.1, 0.15) is 36.2 Å². The zero-order chi connectivity index (χ0) is 19.1. The highest BCUT2D eigenvalue weighted by atomic mass is 16.2. The summed E-state index contributed by atoms with van der Waals surface area (Å²) in [4.78, 5) is 35.8. The molecule has 1 aromatic heterocycles. The van der Waals surface area contributed by atoms with Crippen molar-refractivity contribution in [1.82, 2.24) is 19.7 Å². The lowest BCUT2D eigenvalue weighted by Crippen LogP contribution is -2.59. The second kappa shape index (κ2) is 6.92. The van der Waals surface area contributed by atoms with Crippen molar-refractivity contribution in [2.75, 3.05) is 45.8 Å². The van der Waals surface area contributed by atoms with Crippen molar-refractivity contribution in [2.24, 2.45) is 5.41 Å². The van der Waals surface area contributed by atoms with E-state index in [1.54, 1.807) is 0 Å². The van der Waals surface area contributed by atoms with Gasteiger partial charge in [-0.2, -0.15) is 0 Å². The third-order valence-corrected chi connectivity index (χ3v) is 6.85. The Morgan fingerprint density at radius 3 is 2.29 bits per heavy atom. The number of carbonyl (C=O) groups excluding carboxylic acids is 2. The molecule has 5 rings (SSSR count). The first-order valence-corrected chi connectivity index (χ1v) is 10.5. The molecule has 28 heavy (non-hydrogen) atoms. The number of rotatable bonds is 2. The first-order valence-electron chi connectivity index (χ1n) is 10.5. The number of hydrogen-bond acceptors (Lipinski definition) is 3. The van der Waals surface area contributed by atoms with E-state index in [2.05, 4.69) is 9.88 Å². The summed E-state index contributed by atoms with van der Waals surface area (Å²) in [5.41, 5.74) is 1.45. The molecule has 3 aliphatic heterocycles. The van der Waals surface area contributed by atoms with Gasteiger partial charge >= 0.3 is 0 Å². The summed E-state index contributed by atoms with van der Waals surface area (Å²) < 4.78 is 0. The van der Waals surface area contributed by atoms with E-state index in [0.29, 0.717) is 37.8 Å². The van der Waals surface area contributed by atoms with Crippen molar-refractivity contribution in [3.8, 4) is 0 Å². The van der Waals surface area contributed by atoms with Crippen molar-refractivity contribution in [3.63, 3.8) is 0 Å². The number of H-pyrrole nitrogens is 1. The fraction of sp³-hybridized carbons (Fsp3) is 0.545. The molecule has 1 N–H and O–H groups in total. The van der Waals surface area contributed by atoms with Gasteiger partial charge < -0.3 is 19.7 Å². The molecule has 0 saturated carbocycles. The van der Waals surface area contributed by atoms with E-state index in [1.807, 2.05) is 40.1 Å². The van der Waals surface area contributed by atoms with Crippen LogP contribution in [0.15, 0.2) is 30.3 Å². The summed E-state index contributed by atoms with van der Waals surface area (Å²) in [6.45, 7) is 5.72. The number of aromatic amines is 1. The van der Waals surface area contributed by atoms with Crippen LogP contribution in [0.2, 0.25) is 0 Å². The second-order valence-corrected chi connectivity index (χ2v) is 8.62. The Balaban J connectivity index is 1.24. The van der Waals surface area contributed by atoms with Crippen molar-refractivity contribution in [3.05, 3.63) is 36.0 Å². The number of nitrogens with zero attached hydrogens (tertiary/aromatic N) is 3. The number of hydrogen-bond donors (Lipinski definition) is 1. The average molecular weight is 380 g/mol. The van der Waals surface area contributed by atoms with Gasteiger partial charge in [-0.1, -0.05) is 18.2 Å². The maximum Gasteiger partial charge on any atom is 0.270 e. The fourth-order valence-corrected chi connectivity index (χ4v) is 5.35. The lowest BCUT2D eigenvalue weighted by atomic mass is 9.72. The number of fused-ring (bicyclic) bond motifs is 3. The molecule has 0 spiro atoms. The third kappa shape index (κ3) is 3.00. The number of benzene rings is 1. The first-order chi connectivity index (χ1) is 13.6. The van der Waals surface area contributed by atoms with Gasteiger partial charge in [0.1, 0.15) is 5.69 Å². The van der Waals surface area contributed by atoms with Gasteiger partial charge in [0.15, 0.2) is 0 Å². The molecule has 148 valence electrons. The van der Waals surface area contributed by atoms with E-state index in [0.717, 1.165) is 56.2 Å². The number of para-hydroxylation sites is 1. The molecule has 0 aliphatic carbocycles. The summed E-state index contributed by atoms with van der Waals surface area (Å²) in [5, 5.41) is 1.05. The second-order valence-electron chi connectivity index (χ2n) is 8.62. The molecule has 2 bridgehead atoms. The molecule has 2 amide bonds. The van der Waals surface area contributed by atoms with Crippen LogP contribution in [0.4, 0.5) is 0 Å². The highest BCUT2D eigenvalue weighted by Crippen LogP contribution is 2.40. The zero-order valence-electron chi connectivity index (χ0n) is 16.3. The van der Waals surface area contributed by atoms with Gasteiger partial charge in [0, 0.05) is 43.6 Å². The Morgan fingerprint density at radius 1 is 0.893 bits per heavy atom. The van der Waals surface area contributed by atoms with E-state index in [9.17, 15) is 9.59 Å². The Bertz CT molecular complexity index is 854. The molecule has 4 heterocycles. The van der Waals surface area contributed by atoms with Crippen LogP contribution in [0.25, 0.3) is 10.9 Å². The standard InChI is InChI=1S/C22H28N4O2/c27-20(19-15-17-5-1-2-6-18(17)23-19)25-11-13-26(14-12-25)21(28)22-7-3-9-24(16-22)10-4-8-22/h1-2,5-6,15,23H,3-4,7-14,16H2. The van der Waals surface area contributed by atoms with E-state index in [1.165, 1.54) is 0 Å². The summed E-state index contributed by atoms with van der Waals surface area (Å²) in [6.07, 6.45) is 4.31. The topological polar surface area (TPSA) is 59.7 Å². The quantitative estimate of drug-likeness (QED) is 0.870. The van der Waals surface area contributed by atoms with Crippen LogP contribution in [0, 0.1) is 5.41 Å². The number of nitrogens with one attached hydrogen (secondary N) is 1. The molecule has 3 aliphatic rings. The maximum atomic E-state index is 13.3. The van der Waals surface area contributed by atoms with Crippen molar-refractivity contribution in [2.45, 2.75) is 25.7 Å². The van der Waals surface area contributed by atoms with Crippen molar-refractivity contribution >= 4 is 22.7 Å². The van der Waals surface area contributed by atoms with E-state index < -0.39 is 0 Å². The molecular weight excluding hydrogens is 352 g/mol. The number of piperazine rings is 1. The van der Waals surface area contributed by atoms with Gasteiger partial charge in [-0.3, -0.25) is 9.59 Å². The minimum absolute atomic E-state index is 0.0305. The molecule has 1 aromatic carbocycles. The molecule has 0 atom stereocenters. The summed E-state index contributed by atoms with van der Waals surface area (Å²) in [5.74, 6) is 0.359. The highest BCUT2D eigenvalue weighted by molar-refractivity contribution is 5.98. The first kappa shape index (κ1) is 17.7. The number of carbonyl (C=O) groups is 2. The number of aromatic nitrogens is 1. The minimum atomic E-state index is -0.167. The van der Waals surface area contributed by atoms with Crippen molar-refractivity contribution in [1.29, 1.82) is 0 Å². The van der Waals surface area contributed by atoms with Gasteiger partial charge in [-0.25, -0.2) is 0 Å². The minimum Gasteiger partial charge on any atom is -0.351 e. The molecule has 0 unspecified atom stereocenters. The van der Waals surface area contributed by atoms with E-state index in [4.69, 9.17) is 0 Å². The molecule has 6 nitrogen and oxygen atoms in total. The number of amides is 2. The predicted molar refractivity (Wildman–Crippen MR) is 108 cm³/mol. The van der Waals surface area contributed by atoms with Crippen LogP contribution >= 0.6 is 0 Å². The van der Waals surface area contributed by atoms with E-state index >= 15 is 0 Å². The predicted octanol–water partition coefficient (Wildman–Crippen LogP) is 2.33. The van der Waals surface area contributed by atoms with Crippen LogP contribution in [-0.4, -0.2) is 77.3 Å². The lowest BCUT2D eigenvalue weighted by Gasteiger charge is -2.48. The van der Waals surface area contributed by atoms with Gasteiger partial charge in [-0.15, -0.1) is 0 Å². The fourth-order valence-electron chi connectivity index (χ4n) is 5.35. The molecule has 3 fully saturated rings. The van der Waals surface area contributed by atoms with Crippen LogP contribution < -0.4 is 0 Å². The third-order valence-electron chi connectivity index (χ3n) is 6.85. The molecular formula is C22H28N4O2. The molecule has 0 radical (unpaired) electrons. The molecule has 2 aromatic rings. The van der Waals surface area contributed by atoms with Gasteiger partial charge in [0.25, 0.3) is 5.91 Å². The SMILES string of the molecule is O=C(c1cc2ccccc2[nH]1)N1CCN(C(=O)C23CCCN(CCC2)C3)CC1. The summed E-state index contributed by atoms with van der Waals surface area (Å²) >= 11 is 0. The Labute approximate surface area is 165 Å². The van der Waals surface area contributed by atoms with Gasteiger partial charge in [-0.05, 0) is 50.9 Å². The van der Waals surface area contributed by atoms with Gasteiger partial charge in [0.05, 0.1) is 5.41 Å². The maximum absolute atomic E-state index is 13.3. The monoisotopic (exact) mass is 380 g/mol. The molecule has 6 heteroatoms. The normalized spacial score (nSPS) is 27.8. The van der Waals surface area contributed by atoms with Crippen LogP contribution in [0.3, 0.4) is 0 Å². The Morgan fingerprint density at radius 2 is 1.57 bits per heavy atom. The van der Waals surface area contributed by atoms with Crippen LogP contribution in [0.5, 0.6) is 0 Å². The molecule has 3 saturated heterocycles. The highest BCUT2D eigenvalue weighted by Gasteiger charge is 2.46. The smallest absolute Gasteiger partial charge is 0.270 e. The summed E-state index contributed by atoms with van der Waals surface area (Å²) in [6, 6.07) is 9.86. The van der Waals surface area contributed by atoms with Gasteiger partial charge in [0.2, 0.25) is 5.91 Å². The van der Waals surface area contributed by atoms with Crippen LogP contribution in [-0.2, 0) is 4.79 Å². The lowest BCUT2D eigenvalue weighted by molar-refractivity contribution is -0.150. The van der Waals surface area contributed by atoms with E-state index in [-0.39, 0.29) is 11.3 Å². The summed E-state index contributed by atoms with van der Waals surface area (Å²) in [7, 11) is 0. The Hall–Kier alpha value is -2.34. The zero-order valence-corrected chi connectivity index (χ0v) is 16.3.